The summed E-state index contributed by atoms with van der Waals surface area (Å²) in [7, 11) is 0. The topological polar surface area (TPSA) is 83.6 Å². The third-order valence-corrected chi connectivity index (χ3v) is 1.44. The number of hydrogen-bond donors (Lipinski definition) is 3. The molecule has 1 aromatic carbocycles. The molecule has 1 rings (SSSR count). The molecule has 0 spiro atoms. The number of carbonyl (C=O) groups is 1. The zero-order chi connectivity index (χ0) is 10.2. The summed E-state index contributed by atoms with van der Waals surface area (Å²) in [5.74, 6) is -5.89. The van der Waals surface area contributed by atoms with Crippen molar-refractivity contribution >= 4 is 11.7 Å². The van der Waals surface area contributed by atoms with Gasteiger partial charge in [-0.1, -0.05) is 0 Å². The Balaban J connectivity index is 3.50. The summed E-state index contributed by atoms with van der Waals surface area (Å²) in [5, 5.41) is 17.1. The van der Waals surface area contributed by atoms with Crippen LogP contribution in [-0.2, 0) is 0 Å². The van der Waals surface area contributed by atoms with E-state index >= 15 is 0 Å². The van der Waals surface area contributed by atoms with E-state index in [1.807, 2.05) is 0 Å². The average Bonchev–Trinajstić information content (AvgIpc) is 2.07. The molecule has 4 N–H and O–H groups in total. The minimum Gasteiger partial charge on any atom is -0.503 e. The molecule has 0 bridgehead atoms. The fourth-order valence-electron chi connectivity index (χ4n) is 0.798. The second kappa shape index (κ2) is 2.89. The third-order valence-electron chi connectivity index (χ3n) is 1.44. The second-order valence-electron chi connectivity index (χ2n) is 2.30. The maximum absolute atomic E-state index is 12.8. The van der Waals surface area contributed by atoms with Crippen LogP contribution in [0.1, 0.15) is 10.4 Å². The molecular weight excluding hydrogens is 184 g/mol. The van der Waals surface area contributed by atoms with Gasteiger partial charge in [0.15, 0.2) is 17.4 Å². The molecule has 0 amide bonds. The van der Waals surface area contributed by atoms with Gasteiger partial charge in [-0.3, -0.25) is 0 Å². The summed E-state index contributed by atoms with van der Waals surface area (Å²) < 4.78 is 25.4. The number of carboxylic acid groups (broad SMARTS) is 1. The third kappa shape index (κ3) is 1.37. The first-order chi connectivity index (χ1) is 5.95. The molecule has 0 saturated heterocycles. The van der Waals surface area contributed by atoms with Crippen molar-refractivity contribution in [1.29, 1.82) is 0 Å². The molecule has 0 aromatic heterocycles. The van der Waals surface area contributed by atoms with Crippen molar-refractivity contribution in [1.82, 2.24) is 0 Å². The van der Waals surface area contributed by atoms with E-state index in [1.54, 1.807) is 0 Å². The average molecular weight is 189 g/mol. The predicted octanol–water partition coefficient (Wildman–Crippen LogP) is 0.951. The number of aromatic hydroxyl groups is 1. The van der Waals surface area contributed by atoms with Gasteiger partial charge in [-0.15, -0.1) is 0 Å². The Labute approximate surface area is 71.2 Å². The second-order valence-corrected chi connectivity index (χ2v) is 2.30. The van der Waals surface area contributed by atoms with E-state index in [0.29, 0.717) is 6.07 Å². The molecule has 0 heterocycles. The van der Waals surface area contributed by atoms with Crippen LogP contribution in [-0.4, -0.2) is 16.2 Å². The molecule has 0 radical (unpaired) electrons. The van der Waals surface area contributed by atoms with Crippen LogP contribution in [0.4, 0.5) is 14.5 Å². The van der Waals surface area contributed by atoms with Crippen molar-refractivity contribution in [3.05, 3.63) is 23.3 Å². The molecule has 0 aliphatic carbocycles. The van der Waals surface area contributed by atoms with Gasteiger partial charge in [0.1, 0.15) is 5.56 Å². The molecule has 4 nitrogen and oxygen atoms in total. The molecule has 0 aliphatic heterocycles. The van der Waals surface area contributed by atoms with E-state index in [1.165, 1.54) is 0 Å². The number of nitrogens with two attached hydrogens (primary N) is 1. The summed E-state index contributed by atoms with van der Waals surface area (Å²) >= 11 is 0. The number of halogens is 2. The Morgan fingerprint density at radius 1 is 1.38 bits per heavy atom. The lowest BCUT2D eigenvalue weighted by Gasteiger charge is -2.03. The standard InChI is InChI=1S/C7H5F2NO3/c8-4-2(7(12)13)1-3(10)5(9)6(4)11/h1,11H,10H2,(H,12,13). The van der Waals surface area contributed by atoms with Crippen LogP contribution in [0.25, 0.3) is 0 Å². The first-order valence-corrected chi connectivity index (χ1v) is 3.15. The van der Waals surface area contributed by atoms with Gasteiger partial charge in [0.25, 0.3) is 0 Å². The molecule has 0 saturated carbocycles. The SMILES string of the molecule is Nc1cc(C(=O)O)c(F)c(O)c1F. The summed E-state index contributed by atoms with van der Waals surface area (Å²) in [6.45, 7) is 0. The number of aromatic carboxylic acids is 1. The minimum absolute atomic E-state index is 0.604. The fraction of sp³-hybridized carbons (Fsp3) is 0. The number of carboxylic acids is 1. The van der Waals surface area contributed by atoms with E-state index < -0.39 is 34.6 Å². The van der Waals surface area contributed by atoms with Crippen molar-refractivity contribution in [2.75, 3.05) is 5.73 Å². The molecule has 1 aromatic rings. The van der Waals surface area contributed by atoms with Crippen molar-refractivity contribution < 1.29 is 23.8 Å². The monoisotopic (exact) mass is 189 g/mol. The summed E-state index contributed by atoms with van der Waals surface area (Å²) in [4.78, 5) is 10.3. The Bertz CT molecular complexity index is 378. The zero-order valence-corrected chi connectivity index (χ0v) is 6.21. The van der Waals surface area contributed by atoms with Crippen molar-refractivity contribution in [2.24, 2.45) is 0 Å². The van der Waals surface area contributed by atoms with E-state index in [9.17, 15) is 13.6 Å². The number of hydrogen-bond acceptors (Lipinski definition) is 3. The quantitative estimate of drug-likeness (QED) is 0.574. The number of nitrogen functional groups attached to an aromatic ring is 1. The first kappa shape index (κ1) is 9.24. The smallest absolute Gasteiger partial charge is 0.338 e. The maximum Gasteiger partial charge on any atom is 0.338 e. The maximum atomic E-state index is 12.8. The highest BCUT2D eigenvalue weighted by molar-refractivity contribution is 5.89. The van der Waals surface area contributed by atoms with Crippen LogP contribution in [0.2, 0.25) is 0 Å². The van der Waals surface area contributed by atoms with Crippen LogP contribution in [0.3, 0.4) is 0 Å². The minimum atomic E-state index is -1.63. The van der Waals surface area contributed by atoms with Gasteiger partial charge in [-0.05, 0) is 6.07 Å². The molecule has 0 atom stereocenters. The summed E-state index contributed by atoms with van der Waals surface area (Å²) in [5.41, 5.74) is 3.48. The van der Waals surface area contributed by atoms with Crippen molar-refractivity contribution in [3.63, 3.8) is 0 Å². The van der Waals surface area contributed by atoms with Crippen molar-refractivity contribution in [3.8, 4) is 5.75 Å². The van der Waals surface area contributed by atoms with Crippen LogP contribution >= 0.6 is 0 Å². The highest BCUT2D eigenvalue weighted by Gasteiger charge is 2.20. The number of rotatable bonds is 1. The number of benzene rings is 1. The van der Waals surface area contributed by atoms with E-state index in [4.69, 9.17) is 15.9 Å². The normalized spacial score (nSPS) is 10.0. The summed E-state index contributed by atoms with van der Waals surface area (Å²) in [6.07, 6.45) is 0. The van der Waals surface area contributed by atoms with Gasteiger partial charge >= 0.3 is 5.97 Å². The molecular formula is C7H5F2NO3. The lowest BCUT2D eigenvalue weighted by molar-refractivity contribution is 0.0691. The molecule has 0 aliphatic rings. The Morgan fingerprint density at radius 2 is 1.92 bits per heavy atom. The molecule has 70 valence electrons. The van der Waals surface area contributed by atoms with Gasteiger partial charge in [-0.25, -0.2) is 13.6 Å². The first-order valence-electron chi connectivity index (χ1n) is 3.15. The van der Waals surface area contributed by atoms with E-state index in [-0.39, 0.29) is 0 Å². The largest absolute Gasteiger partial charge is 0.503 e. The van der Waals surface area contributed by atoms with E-state index in [0.717, 1.165) is 0 Å². The van der Waals surface area contributed by atoms with Crippen LogP contribution < -0.4 is 5.73 Å². The number of phenolic OH excluding ortho intramolecular Hbond substituents is 1. The van der Waals surface area contributed by atoms with Gasteiger partial charge in [0.05, 0.1) is 5.69 Å². The molecule has 0 unspecified atom stereocenters. The Morgan fingerprint density at radius 3 is 2.38 bits per heavy atom. The zero-order valence-electron chi connectivity index (χ0n) is 6.21. The van der Waals surface area contributed by atoms with Gasteiger partial charge < -0.3 is 15.9 Å². The Kier molecular flexibility index (Phi) is 2.05. The highest BCUT2D eigenvalue weighted by Crippen LogP contribution is 2.27. The lowest BCUT2D eigenvalue weighted by atomic mass is 10.1. The van der Waals surface area contributed by atoms with Crippen molar-refractivity contribution in [2.45, 2.75) is 0 Å². The van der Waals surface area contributed by atoms with Crippen LogP contribution in [0.5, 0.6) is 5.75 Å². The molecule has 6 heteroatoms. The van der Waals surface area contributed by atoms with Crippen LogP contribution in [0, 0.1) is 11.6 Å². The van der Waals surface area contributed by atoms with Gasteiger partial charge in [0, 0.05) is 0 Å². The van der Waals surface area contributed by atoms with Gasteiger partial charge in [0.2, 0.25) is 0 Å². The molecule has 13 heavy (non-hydrogen) atoms. The van der Waals surface area contributed by atoms with E-state index in [2.05, 4.69) is 0 Å². The van der Waals surface area contributed by atoms with Gasteiger partial charge in [-0.2, -0.15) is 0 Å². The Hall–Kier alpha value is -1.85. The summed E-state index contributed by atoms with van der Waals surface area (Å²) in [6, 6.07) is 0.604. The number of anilines is 1. The van der Waals surface area contributed by atoms with Crippen LogP contribution in [0.15, 0.2) is 6.07 Å². The molecule has 0 fully saturated rings. The number of phenols is 1. The lowest BCUT2D eigenvalue weighted by Crippen LogP contribution is -2.04. The fourth-order valence-corrected chi connectivity index (χ4v) is 0.798. The highest BCUT2D eigenvalue weighted by atomic mass is 19.1. The predicted molar refractivity (Wildman–Crippen MR) is 39.4 cm³/mol.